The molecular formula is C7H14N4O. The van der Waals surface area contributed by atoms with Gasteiger partial charge in [-0.2, -0.15) is 4.98 Å². The van der Waals surface area contributed by atoms with Crippen LogP contribution >= 0.6 is 0 Å². The topological polar surface area (TPSA) is 77.0 Å². The molecule has 3 N–H and O–H groups in total. The van der Waals surface area contributed by atoms with Crippen LogP contribution in [-0.2, 0) is 6.42 Å². The van der Waals surface area contributed by atoms with Gasteiger partial charge in [-0.15, -0.1) is 0 Å². The number of nitrogens with two attached hydrogens (primary N) is 1. The fourth-order valence-corrected chi connectivity index (χ4v) is 0.837. The van der Waals surface area contributed by atoms with Crippen molar-refractivity contribution in [1.29, 1.82) is 0 Å². The van der Waals surface area contributed by atoms with Crippen molar-refractivity contribution < 1.29 is 4.52 Å². The third-order valence-corrected chi connectivity index (χ3v) is 1.38. The zero-order valence-electron chi connectivity index (χ0n) is 7.37. The number of anilines is 1. The number of hydrogen-bond acceptors (Lipinski definition) is 5. The predicted octanol–water partition coefficient (Wildman–Crippen LogP) is 0.192. The van der Waals surface area contributed by atoms with Gasteiger partial charge < -0.3 is 15.6 Å². The third kappa shape index (κ3) is 2.87. The van der Waals surface area contributed by atoms with Gasteiger partial charge in [-0.3, -0.25) is 0 Å². The van der Waals surface area contributed by atoms with E-state index in [0.29, 0.717) is 11.9 Å². The molecule has 0 saturated heterocycles. The Bertz CT molecular complexity index is 233. The van der Waals surface area contributed by atoms with Gasteiger partial charge in [0.25, 0.3) is 5.95 Å². The maximum atomic E-state index is 5.27. The normalized spacial score (nSPS) is 10.9. The Morgan fingerprint density at radius 1 is 1.58 bits per heavy atom. The molecule has 0 aliphatic carbocycles. The van der Waals surface area contributed by atoms with Crippen molar-refractivity contribution in [3.63, 3.8) is 0 Å². The lowest BCUT2D eigenvalue weighted by Gasteiger charge is -2.04. The fourth-order valence-electron chi connectivity index (χ4n) is 0.837. The molecule has 68 valence electrons. The average molecular weight is 170 g/mol. The first-order chi connectivity index (χ1) is 5.68. The van der Waals surface area contributed by atoms with Gasteiger partial charge in [0, 0.05) is 19.0 Å². The molecule has 0 spiro atoms. The molecule has 0 amide bonds. The molecule has 1 aromatic heterocycles. The van der Waals surface area contributed by atoms with Crippen LogP contribution in [0.1, 0.15) is 19.7 Å². The smallest absolute Gasteiger partial charge is 0.260 e. The molecule has 0 fully saturated rings. The van der Waals surface area contributed by atoms with Gasteiger partial charge in [0.05, 0.1) is 0 Å². The molecule has 1 aromatic rings. The van der Waals surface area contributed by atoms with E-state index in [4.69, 9.17) is 10.3 Å². The van der Waals surface area contributed by atoms with Crippen LogP contribution < -0.4 is 11.1 Å². The maximum Gasteiger partial charge on any atom is 0.260 e. The van der Waals surface area contributed by atoms with E-state index < -0.39 is 0 Å². The molecule has 0 aliphatic rings. The molecule has 0 unspecified atom stereocenters. The molecule has 0 aliphatic heterocycles. The lowest BCUT2D eigenvalue weighted by molar-refractivity contribution is 0.375. The number of nitrogens with zero attached hydrogens (tertiary/aromatic N) is 2. The summed E-state index contributed by atoms with van der Waals surface area (Å²) in [4.78, 5) is 3.87. The molecule has 5 nitrogen and oxygen atoms in total. The first-order valence-corrected chi connectivity index (χ1v) is 4.00. The Morgan fingerprint density at radius 3 is 2.83 bits per heavy atom. The summed E-state index contributed by atoms with van der Waals surface area (Å²) in [5.41, 5.74) is 5.27. The van der Waals surface area contributed by atoms with Gasteiger partial charge in [-0.05, 0) is 5.16 Å². The summed E-state index contributed by atoms with van der Waals surface area (Å²) in [6.45, 7) is 5.00. The van der Waals surface area contributed by atoms with Gasteiger partial charge in [0.2, 0.25) is 5.89 Å². The van der Waals surface area contributed by atoms with Gasteiger partial charge in [0.15, 0.2) is 0 Å². The van der Waals surface area contributed by atoms with Gasteiger partial charge >= 0.3 is 0 Å². The molecule has 0 radical (unpaired) electrons. The second-order valence-electron chi connectivity index (χ2n) is 2.91. The second kappa shape index (κ2) is 4.06. The molecule has 0 aromatic carbocycles. The van der Waals surface area contributed by atoms with Gasteiger partial charge in [-0.1, -0.05) is 13.8 Å². The summed E-state index contributed by atoms with van der Waals surface area (Å²) in [5, 5.41) is 6.71. The zero-order valence-corrected chi connectivity index (χ0v) is 7.37. The molecule has 0 saturated carbocycles. The summed E-state index contributed by atoms with van der Waals surface area (Å²) in [5.74, 6) is 0.787. The minimum absolute atomic E-state index is 0.203. The van der Waals surface area contributed by atoms with Gasteiger partial charge in [0.1, 0.15) is 0 Å². The van der Waals surface area contributed by atoms with Crippen molar-refractivity contribution in [1.82, 2.24) is 15.5 Å². The highest BCUT2D eigenvalue weighted by molar-refractivity contribution is 5.10. The molecule has 1 rings (SSSR count). The average Bonchev–Trinajstić information content (AvgIpc) is 2.35. The van der Waals surface area contributed by atoms with Crippen LogP contribution in [-0.4, -0.2) is 22.7 Å². The highest BCUT2D eigenvalue weighted by Crippen LogP contribution is 1.97. The van der Waals surface area contributed by atoms with Crippen molar-refractivity contribution in [2.45, 2.75) is 26.3 Å². The second-order valence-corrected chi connectivity index (χ2v) is 2.91. The Balaban J connectivity index is 2.24. The zero-order chi connectivity index (χ0) is 8.97. The number of hydrogen-bond donors (Lipinski definition) is 2. The summed E-state index contributed by atoms with van der Waals surface area (Å²) in [6.07, 6.45) is 0.725. The first kappa shape index (κ1) is 8.99. The molecular weight excluding hydrogens is 156 g/mol. The Hall–Kier alpha value is -1.10. The van der Waals surface area contributed by atoms with Crippen LogP contribution in [0.5, 0.6) is 0 Å². The van der Waals surface area contributed by atoms with E-state index in [-0.39, 0.29) is 5.95 Å². The van der Waals surface area contributed by atoms with E-state index in [0.717, 1.165) is 13.0 Å². The highest BCUT2D eigenvalue weighted by Gasteiger charge is 2.02. The van der Waals surface area contributed by atoms with Crippen molar-refractivity contribution in [3.8, 4) is 0 Å². The Morgan fingerprint density at radius 2 is 2.33 bits per heavy atom. The van der Waals surface area contributed by atoms with Crippen LogP contribution in [0.2, 0.25) is 0 Å². The quantitative estimate of drug-likeness (QED) is 0.674. The van der Waals surface area contributed by atoms with E-state index in [1.807, 2.05) is 0 Å². The van der Waals surface area contributed by atoms with Crippen LogP contribution in [0.15, 0.2) is 4.52 Å². The minimum Gasteiger partial charge on any atom is -0.365 e. The number of nitrogens with one attached hydrogen (secondary N) is 1. The van der Waals surface area contributed by atoms with Gasteiger partial charge in [-0.25, -0.2) is 0 Å². The maximum absolute atomic E-state index is 5.27. The largest absolute Gasteiger partial charge is 0.365 e. The van der Waals surface area contributed by atoms with Crippen molar-refractivity contribution in [2.75, 3.05) is 12.3 Å². The standard InChI is InChI=1S/C7H14N4O/c1-5(2)9-4-3-6-10-7(8)11-12-6/h5,9H,3-4H2,1-2H3,(H2,8,11). The van der Waals surface area contributed by atoms with Crippen LogP contribution in [0.25, 0.3) is 0 Å². The van der Waals surface area contributed by atoms with Crippen molar-refractivity contribution in [2.24, 2.45) is 0 Å². The molecule has 12 heavy (non-hydrogen) atoms. The molecule has 1 heterocycles. The fraction of sp³-hybridized carbons (Fsp3) is 0.714. The summed E-state index contributed by atoms with van der Waals surface area (Å²) < 4.78 is 4.82. The van der Waals surface area contributed by atoms with Crippen molar-refractivity contribution in [3.05, 3.63) is 5.89 Å². The van der Waals surface area contributed by atoms with E-state index in [9.17, 15) is 0 Å². The first-order valence-electron chi connectivity index (χ1n) is 4.00. The Labute approximate surface area is 71.3 Å². The summed E-state index contributed by atoms with van der Waals surface area (Å²) in [6, 6.07) is 0.477. The van der Waals surface area contributed by atoms with E-state index in [1.165, 1.54) is 0 Å². The van der Waals surface area contributed by atoms with E-state index >= 15 is 0 Å². The number of aromatic nitrogens is 2. The highest BCUT2D eigenvalue weighted by atomic mass is 16.5. The predicted molar refractivity (Wildman–Crippen MR) is 45.6 cm³/mol. The van der Waals surface area contributed by atoms with E-state index in [2.05, 4.69) is 29.3 Å². The van der Waals surface area contributed by atoms with Crippen LogP contribution in [0.3, 0.4) is 0 Å². The summed E-state index contributed by atoms with van der Waals surface area (Å²) >= 11 is 0. The van der Waals surface area contributed by atoms with Crippen LogP contribution in [0, 0.1) is 0 Å². The summed E-state index contributed by atoms with van der Waals surface area (Å²) in [7, 11) is 0. The third-order valence-electron chi connectivity index (χ3n) is 1.38. The van der Waals surface area contributed by atoms with E-state index in [1.54, 1.807) is 0 Å². The van der Waals surface area contributed by atoms with Crippen LogP contribution in [0.4, 0.5) is 5.95 Å². The monoisotopic (exact) mass is 170 g/mol. The molecule has 0 bridgehead atoms. The molecule has 5 heteroatoms. The molecule has 0 atom stereocenters. The van der Waals surface area contributed by atoms with Crippen molar-refractivity contribution >= 4 is 5.95 Å². The Kier molecular flexibility index (Phi) is 3.04. The lowest BCUT2D eigenvalue weighted by Crippen LogP contribution is -2.25. The minimum atomic E-state index is 0.203. The number of nitrogen functional groups attached to an aromatic ring is 1. The number of rotatable bonds is 4. The lowest BCUT2D eigenvalue weighted by atomic mass is 10.3. The SMILES string of the molecule is CC(C)NCCc1nc(N)no1.